The van der Waals surface area contributed by atoms with Gasteiger partial charge in [0.25, 0.3) is 0 Å². The summed E-state index contributed by atoms with van der Waals surface area (Å²) >= 11 is 17.8. The molecular weight excluding hydrogens is 345 g/mol. The second kappa shape index (κ2) is 9.34. The average molecular weight is 365 g/mol. The van der Waals surface area contributed by atoms with E-state index >= 15 is 0 Å². The predicted molar refractivity (Wildman–Crippen MR) is 90.4 cm³/mol. The van der Waals surface area contributed by atoms with E-state index in [1.807, 2.05) is 11.8 Å². The molecule has 0 aliphatic rings. The lowest BCUT2D eigenvalue weighted by molar-refractivity contribution is 0.681. The summed E-state index contributed by atoms with van der Waals surface area (Å²) in [5, 5.41) is 8.82. The van der Waals surface area contributed by atoms with Gasteiger partial charge in [-0.1, -0.05) is 55.1 Å². The van der Waals surface area contributed by atoms with Crippen LogP contribution >= 0.6 is 34.8 Å². The molecule has 0 radical (unpaired) electrons. The van der Waals surface area contributed by atoms with E-state index in [2.05, 4.69) is 27.9 Å². The molecule has 0 fully saturated rings. The zero-order valence-corrected chi connectivity index (χ0v) is 15.1. The van der Waals surface area contributed by atoms with Crippen LogP contribution in [0.25, 0.3) is 0 Å². The van der Waals surface area contributed by atoms with Crippen molar-refractivity contribution in [3.63, 3.8) is 0 Å². The molecule has 1 aromatic rings. The van der Waals surface area contributed by atoms with E-state index < -0.39 is 3.79 Å². The van der Waals surface area contributed by atoms with E-state index in [0.29, 0.717) is 31.2 Å². The molecule has 1 rings (SSSR count). The van der Waals surface area contributed by atoms with Crippen molar-refractivity contribution in [3.8, 4) is 6.07 Å². The van der Waals surface area contributed by atoms with Gasteiger partial charge < -0.3 is 4.90 Å². The maximum atomic E-state index is 8.82. The number of anilines is 1. The van der Waals surface area contributed by atoms with Crippen molar-refractivity contribution in [3.05, 3.63) is 11.6 Å². The Morgan fingerprint density at radius 3 is 2.36 bits per heavy atom. The Kier molecular flexibility index (Phi) is 8.16. The van der Waals surface area contributed by atoms with Gasteiger partial charge in [-0.15, -0.1) is 0 Å². The first-order valence-corrected chi connectivity index (χ1v) is 8.49. The van der Waals surface area contributed by atoms with Crippen LogP contribution in [-0.2, 0) is 10.2 Å². The largest absolute Gasteiger partial charge is 0.340 e. The SMILES string of the molecule is CCCCN(CCC#N)c1nc(CCC)nc(C(Cl)(Cl)Cl)n1. The van der Waals surface area contributed by atoms with Crippen LogP contribution in [0.15, 0.2) is 0 Å². The lowest BCUT2D eigenvalue weighted by Crippen LogP contribution is -2.29. The third kappa shape index (κ3) is 6.12. The zero-order valence-electron chi connectivity index (χ0n) is 12.8. The monoisotopic (exact) mass is 363 g/mol. The second-order valence-electron chi connectivity index (χ2n) is 4.87. The molecule has 1 aromatic heterocycles. The molecule has 0 aliphatic carbocycles. The standard InChI is InChI=1S/C14H20Cl3N5/c1-3-5-9-22(10-6-8-18)13-20-11(7-4-2)19-12(21-13)14(15,16)17/h3-7,9-10H2,1-2H3. The predicted octanol–water partition coefficient (Wildman–Crippen LogP) is 4.17. The lowest BCUT2D eigenvalue weighted by Gasteiger charge is -2.23. The third-order valence-electron chi connectivity index (χ3n) is 2.96. The highest BCUT2D eigenvalue weighted by atomic mass is 35.6. The summed E-state index contributed by atoms with van der Waals surface area (Å²) in [6, 6.07) is 2.14. The third-order valence-corrected chi connectivity index (χ3v) is 3.46. The summed E-state index contributed by atoms with van der Waals surface area (Å²) in [5.74, 6) is 1.21. The first-order valence-electron chi connectivity index (χ1n) is 7.36. The van der Waals surface area contributed by atoms with E-state index in [9.17, 15) is 0 Å². The van der Waals surface area contributed by atoms with Gasteiger partial charge in [-0.25, -0.2) is 4.98 Å². The molecule has 0 saturated heterocycles. The van der Waals surface area contributed by atoms with Gasteiger partial charge in [0.1, 0.15) is 5.82 Å². The van der Waals surface area contributed by atoms with E-state index in [1.54, 1.807) is 0 Å². The number of nitrogens with zero attached hydrogens (tertiary/aromatic N) is 5. The summed E-state index contributed by atoms with van der Waals surface area (Å²) in [6.45, 7) is 5.44. The number of rotatable bonds is 8. The molecule has 0 unspecified atom stereocenters. The number of nitriles is 1. The molecule has 0 atom stereocenters. The number of hydrogen-bond donors (Lipinski definition) is 0. The first kappa shape index (κ1) is 19.2. The normalized spacial score (nSPS) is 11.3. The fraction of sp³-hybridized carbons (Fsp3) is 0.714. The summed E-state index contributed by atoms with van der Waals surface area (Å²) in [7, 11) is 0. The van der Waals surface area contributed by atoms with Crippen molar-refractivity contribution in [2.45, 2.75) is 49.7 Å². The highest BCUT2D eigenvalue weighted by Crippen LogP contribution is 2.36. The highest BCUT2D eigenvalue weighted by Gasteiger charge is 2.29. The van der Waals surface area contributed by atoms with Crippen molar-refractivity contribution in [1.82, 2.24) is 15.0 Å². The number of aromatic nitrogens is 3. The number of halogens is 3. The van der Waals surface area contributed by atoms with Crippen LogP contribution in [0, 0.1) is 11.3 Å². The molecule has 0 aromatic carbocycles. The van der Waals surface area contributed by atoms with Gasteiger partial charge in [0.05, 0.1) is 12.5 Å². The zero-order chi connectivity index (χ0) is 16.6. The Hall–Kier alpha value is -0.830. The smallest absolute Gasteiger partial charge is 0.250 e. The Labute approximate surface area is 146 Å². The summed E-state index contributed by atoms with van der Waals surface area (Å²) in [5.41, 5.74) is 0. The Morgan fingerprint density at radius 2 is 1.82 bits per heavy atom. The highest BCUT2D eigenvalue weighted by molar-refractivity contribution is 6.66. The van der Waals surface area contributed by atoms with Crippen molar-refractivity contribution in [1.29, 1.82) is 5.26 Å². The van der Waals surface area contributed by atoms with E-state index in [4.69, 9.17) is 40.1 Å². The average Bonchev–Trinajstić information content (AvgIpc) is 2.46. The van der Waals surface area contributed by atoms with Crippen molar-refractivity contribution in [2.24, 2.45) is 0 Å². The van der Waals surface area contributed by atoms with Gasteiger partial charge in [-0.3, -0.25) is 0 Å². The van der Waals surface area contributed by atoms with Crippen LogP contribution in [-0.4, -0.2) is 28.0 Å². The van der Waals surface area contributed by atoms with Crippen LogP contribution < -0.4 is 4.90 Å². The van der Waals surface area contributed by atoms with Crippen molar-refractivity contribution >= 4 is 40.8 Å². The molecule has 0 aliphatic heterocycles. The quantitative estimate of drug-likeness (QED) is 0.648. The number of hydrogen-bond acceptors (Lipinski definition) is 5. The molecular formula is C14H20Cl3N5. The van der Waals surface area contributed by atoms with Crippen LogP contribution in [0.3, 0.4) is 0 Å². The first-order chi connectivity index (χ1) is 10.4. The fourth-order valence-corrected chi connectivity index (χ4v) is 2.11. The van der Waals surface area contributed by atoms with Crippen LogP contribution in [0.5, 0.6) is 0 Å². The molecule has 0 bridgehead atoms. The van der Waals surface area contributed by atoms with Gasteiger partial charge in [0.15, 0.2) is 5.82 Å². The maximum Gasteiger partial charge on any atom is 0.250 e. The number of unbranched alkanes of at least 4 members (excludes halogenated alkanes) is 1. The topological polar surface area (TPSA) is 65.7 Å². The number of alkyl halides is 3. The van der Waals surface area contributed by atoms with E-state index in [-0.39, 0.29) is 5.82 Å². The molecule has 0 saturated carbocycles. The lowest BCUT2D eigenvalue weighted by atomic mass is 10.3. The minimum absolute atomic E-state index is 0.129. The summed E-state index contributed by atoms with van der Waals surface area (Å²) < 4.78 is -1.69. The summed E-state index contributed by atoms with van der Waals surface area (Å²) in [6.07, 6.45) is 3.97. The molecule has 0 spiro atoms. The van der Waals surface area contributed by atoms with Crippen LogP contribution in [0.1, 0.15) is 51.2 Å². The maximum absolute atomic E-state index is 8.82. The Bertz CT molecular complexity index is 510. The van der Waals surface area contributed by atoms with E-state index in [0.717, 1.165) is 25.8 Å². The number of aryl methyl sites for hydroxylation is 1. The van der Waals surface area contributed by atoms with Crippen molar-refractivity contribution in [2.75, 3.05) is 18.0 Å². The van der Waals surface area contributed by atoms with Crippen molar-refractivity contribution < 1.29 is 0 Å². The fourth-order valence-electron chi connectivity index (χ4n) is 1.86. The van der Waals surface area contributed by atoms with Gasteiger partial charge in [-0.05, 0) is 12.8 Å². The van der Waals surface area contributed by atoms with Gasteiger partial charge >= 0.3 is 0 Å². The van der Waals surface area contributed by atoms with Gasteiger partial charge in [0, 0.05) is 19.5 Å². The van der Waals surface area contributed by atoms with Gasteiger partial charge in [0.2, 0.25) is 9.74 Å². The van der Waals surface area contributed by atoms with Gasteiger partial charge in [-0.2, -0.15) is 15.2 Å². The minimum Gasteiger partial charge on any atom is -0.340 e. The molecule has 0 amide bonds. The molecule has 8 heteroatoms. The van der Waals surface area contributed by atoms with Crippen LogP contribution in [0.4, 0.5) is 5.95 Å². The van der Waals surface area contributed by atoms with E-state index in [1.165, 1.54) is 0 Å². The molecule has 1 heterocycles. The molecule has 5 nitrogen and oxygen atoms in total. The molecule has 22 heavy (non-hydrogen) atoms. The Morgan fingerprint density at radius 1 is 1.09 bits per heavy atom. The Balaban J connectivity index is 3.15. The second-order valence-corrected chi connectivity index (χ2v) is 7.15. The molecule has 0 N–H and O–H groups in total. The van der Waals surface area contributed by atoms with Crippen LogP contribution in [0.2, 0.25) is 0 Å². The summed E-state index contributed by atoms with van der Waals surface area (Å²) in [4.78, 5) is 14.9. The minimum atomic E-state index is -1.69. The molecule has 122 valence electrons.